The smallest absolute Gasteiger partial charge is 0.319 e. The molecule has 1 aliphatic carbocycles. The lowest BCUT2D eigenvalue weighted by Gasteiger charge is -2.34. The summed E-state index contributed by atoms with van der Waals surface area (Å²) in [6, 6.07) is 15.3. The predicted octanol–water partition coefficient (Wildman–Crippen LogP) is 4.63. The van der Waals surface area contributed by atoms with E-state index in [0.717, 1.165) is 96.1 Å². The molecule has 2 aliphatic heterocycles. The van der Waals surface area contributed by atoms with E-state index in [1.165, 1.54) is 5.56 Å². The van der Waals surface area contributed by atoms with Gasteiger partial charge in [-0.25, -0.2) is 4.79 Å². The molecule has 2 aromatic rings. The van der Waals surface area contributed by atoms with Crippen molar-refractivity contribution in [2.45, 2.75) is 77.0 Å². The molecular weight excluding hydrogens is 606 g/mol. The molecule has 0 atom stereocenters. The third-order valence-electron chi connectivity index (χ3n) is 10.3. The van der Waals surface area contributed by atoms with Crippen LogP contribution >= 0.6 is 0 Å². The van der Waals surface area contributed by atoms with Crippen LogP contribution in [0.25, 0.3) is 0 Å². The molecule has 6 N–H and O–H groups in total. The zero-order valence-electron chi connectivity index (χ0n) is 28.2. The predicted molar refractivity (Wildman–Crippen MR) is 190 cm³/mol. The van der Waals surface area contributed by atoms with Gasteiger partial charge in [-0.15, -0.1) is 0 Å². The van der Waals surface area contributed by atoms with Gasteiger partial charge in [0.25, 0.3) is 0 Å². The third kappa shape index (κ3) is 9.71. The number of rotatable bonds is 12. The Kier molecular flexibility index (Phi) is 12.7. The van der Waals surface area contributed by atoms with Gasteiger partial charge in [-0.05, 0) is 88.2 Å². The normalized spacial score (nSPS) is 18.4. The lowest BCUT2D eigenvalue weighted by Crippen LogP contribution is -2.42. The van der Waals surface area contributed by atoms with Crippen molar-refractivity contribution in [2.24, 2.45) is 17.1 Å². The standard InChI is InChI=1S/C37H53N7O4/c38-35(47)37(17-5-2-6-18-37)19-22-40-36(48)41-30-13-14-32(31(27-30)42-33(45)12-7-11-28-9-3-1-4-10-28)43-23-8-24-44(26-25-43)34(46)29-15-20-39-21-16-29/h1,3-4,9-10,13-14,27,29,39H,2,5-8,11-12,15-26H2,(H2,38,47)(H,42,45)(H2,40,41,48). The molecule has 11 heteroatoms. The van der Waals surface area contributed by atoms with Crippen LogP contribution in [0.5, 0.6) is 0 Å². The molecule has 1 saturated carbocycles. The van der Waals surface area contributed by atoms with Gasteiger partial charge in [-0.1, -0.05) is 49.6 Å². The maximum Gasteiger partial charge on any atom is 0.319 e. The summed E-state index contributed by atoms with van der Waals surface area (Å²) in [5.41, 5.74) is 8.47. The summed E-state index contributed by atoms with van der Waals surface area (Å²) in [5, 5.41) is 12.3. The zero-order valence-corrected chi connectivity index (χ0v) is 28.2. The molecule has 11 nitrogen and oxygen atoms in total. The van der Waals surface area contributed by atoms with Crippen LogP contribution in [0.4, 0.5) is 21.9 Å². The Morgan fingerprint density at radius 1 is 0.875 bits per heavy atom. The number of nitrogens with two attached hydrogens (primary N) is 1. The minimum absolute atomic E-state index is 0.0871. The first kappa shape index (κ1) is 35.2. The van der Waals surface area contributed by atoms with Gasteiger partial charge in [0.1, 0.15) is 0 Å². The summed E-state index contributed by atoms with van der Waals surface area (Å²) in [6.45, 7) is 4.87. The van der Waals surface area contributed by atoms with Crippen molar-refractivity contribution in [3.8, 4) is 0 Å². The highest BCUT2D eigenvalue weighted by Gasteiger charge is 2.37. The molecule has 0 spiro atoms. The number of anilines is 3. The molecule has 3 aliphatic rings. The Labute approximate surface area is 284 Å². The Balaban J connectivity index is 1.23. The van der Waals surface area contributed by atoms with Gasteiger partial charge in [-0.2, -0.15) is 0 Å². The number of amides is 5. The number of nitrogens with zero attached hydrogens (tertiary/aromatic N) is 2. The van der Waals surface area contributed by atoms with Crippen molar-refractivity contribution in [3.63, 3.8) is 0 Å². The van der Waals surface area contributed by atoms with E-state index < -0.39 is 5.41 Å². The fourth-order valence-corrected chi connectivity index (χ4v) is 7.44. The lowest BCUT2D eigenvalue weighted by molar-refractivity contribution is -0.136. The summed E-state index contributed by atoms with van der Waals surface area (Å²) >= 11 is 0. The average molecular weight is 660 g/mol. The Bertz CT molecular complexity index is 1390. The van der Waals surface area contributed by atoms with Gasteiger partial charge in [0, 0.05) is 50.7 Å². The zero-order chi connectivity index (χ0) is 33.8. The molecule has 3 fully saturated rings. The molecule has 2 heterocycles. The van der Waals surface area contributed by atoms with Crippen LogP contribution in [0.1, 0.15) is 76.2 Å². The van der Waals surface area contributed by atoms with Crippen LogP contribution in [0.15, 0.2) is 48.5 Å². The van der Waals surface area contributed by atoms with E-state index in [-0.39, 0.29) is 29.7 Å². The number of carbonyl (C=O) groups is 4. The van der Waals surface area contributed by atoms with Crippen molar-refractivity contribution in [1.29, 1.82) is 0 Å². The number of piperidine rings is 1. The maximum absolute atomic E-state index is 13.3. The van der Waals surface area contributed by atoms with Crippen molar-refractivity contribution < 1.29 is 19.2 Å². The maximum atomic E-state index is 13.3. The fourth-order valence-electron chi connectivity index (χ4n) is 7.44. The number of aryl methyl sites for hydroxylation is 1. The van der Waals surface area contributed by atoms with E-state index in [1.807, 2.05) is 35.2 Å². The Morgan fingerprint density at radius 3 is 2.40 bits per heavy atom. The van der Waals surface area contributed by atoms with Crippen LogP contribution < -0.4 is 31.9 Å². The second-order valence-electron chi connectivity index (χ2n) is 13.6. The first-order valence-electron chi connectivity index (χ1n) is 17.9. The van der Waals surface area contributed by atoms with Gasteiger partial charge in [-0.3, -0.25) is 14.4 Å². The van der Waals surface area contributed by atoms with Gasteiger partial charge in [0.2, 0.25) is 17.7 Å². The van der Waals surface area contributed by atoms with Gasteiger partial charge < -0.3 is 36.8 Å². The highest BCUT2D eigenvalue weighted by atomic mass is 16.2. The number of primary amides is 1. The molecule has 260 valence electrons. The van der Waals surface area contributed by atoms with Crippen molar-refractivity contribution >= 4 is 40.8 Å². The average Bonchev–Trinajstić information content (AvgIpc) is 3.36. The second kappa shape index (κ2) is 17.3. The van der Waals surface area contributed by atoms with Crippen LogP contribution in [-0.4, -0.2) is 74.5 Å². The number of urea groups is 1. The fraction of sp³-hybridized carbons (Fsp3) is 0.568. The highest BCUT2D eigenvalue weighted by molar-refractivity contribution is 5.97. The molecule has 0 aromatic heterocycles. The van der Waals surface area contributed by atoms with E-state index in [4.69, 9.17) is 5.73 Å². The van der Waals surface area contributed by atoms with E-state index in [1.54, 1.807) is 6.07 Å². The Hall–Kier alpha value is -4.12. The number of nitrogens with one attached hydrogen (secondary N) is 4. The molecule has 2 aromatic carbocycles. The van der Waals surface area contributed by atoms with Crippen LogP contribution in [0.3, 0.4) is 0 Å². The minimum Gasteiger partial charge on any atom is -0.369 e. The first-order valence-corrected chi connectivity index (χ1v) is 17.9. The summed E-state index contributed by atoms with van der Waals surface area (Å²) in [6.07, 6.45) is 9.61. The quantitative estimate of drug-likeness (QED) is 0.224. The Morgan fingerprint density at radius 2 is 1.65 bits per heavy atom. The van der Waals surface area contributed by atoms with Crippen LogP contribution in [-0.2, 0) is 20.8 Å². The van der Waals surface area contributed by atoms with Crippen molar-refractivity contribution in [3.05, 3.63) is 54.1 Å². The first-order chi connectivity index (χ1) is 23.3. The SMILES string of the molecule is NC(=O)C1(CCNC(=O)Nc2ccc(N3CCCN(C(=O)C4CCNCC4)CC3)c(NC(=O)CCCc3ccccc3)c2)CCCCC1. The number of benzene rings is 2. The van der Waals surface area contributed by atoms with Crippen molar-refractivity contribution in [2.75, 3.05) is 61.3 Å². The number of carbonyl (C=O) groups excluding carboxylic acids is 4. The summed E-state index contributed by atoms with van der Waals surface area (Å²) < 4.78 is 0. The lowest BCUT2D eigenvalue weighted by atomic mass is 9.71. The minimum atomic E-state index is -0.550. The van der Waals surface area contributed by atoms with Crippen LogP contribution in [0, 0.1) is 11.3 Å². The molecule has 0 bridgehead atoms. The van der Waals surface area contributed by atoms with E-state index in [0.29, 0.717) is 43.9 Å². The van der Waals surface area contributed by atoms with E-state index in [9.17, 15) is 19.2 Å². The molecule has 2 saturated heterocycles. The molecule has 0 unspecified atom stereocenters. The van der Waals surface area contributed by atoms with Crippen LogP contribution in [0.2, 0.25) is 0 Å². The molecule has 48 heavy (non-hydrogen) atoms. The molecule has 5 amide bonds. The number of hydrogen-bond donors (Lipinski definition) is 5. The molecule has 5 rings (SSSR count). The summed E-state index contributed by atoms with van der Waals surface area (Å²) in [5.74, 6) is -0.0305. The largest absolute Gasteiger partial charge is 0.369 e. The number of hydrogen-bond acceptors (Lipinski definition) is 6. The van der Waals surface area contributed by atoms with Gasteiger partial charge in [0.15, 0.2) is 0 Å². The highest BCUT2D eigenvalue weighted by Crippen LogP contribution is 2.39. The molecule has 0 radical (unpaired) electrons. The topological polar surface area (TPSA) is 149 Å². The second-order valence-corrected chi connectivity index (χ2v) is 13.6. The van der Waals surface area contributed by atoms with E-state index >= 15 is 0 Å². The summed E-state index contributed by atoms with van der Waals surface area (Å²) in [7, 11) is 0. The van der Waals surface area contributed by atoms with Gasteiger partial charge in [0.05, 0.1) is 16.8 Å². The van der Waals surface area contributed by atoms with E-state index in [2.05, 4.69) is 38.3 Å². The summed E-state index contributed by atoms with van der Waals surface area (Å²) in [4.78, 5) is 55.9. The van der Waals surface area contributed by atoms with Crippen molar-refractivity contribution in [1.82, 2.24) is 15.5 Å². The third-order valence-corrected chi connectivity index (χ3v) is 10.3. The van der Waals surface area contributed by atoms with Gasteiger partial charge >= 0.3 is 6.03 Å². The molecular formula is C37H53N7O4. The monoisotopic (exact) mass is 659 g/mol.